The van der Waals surface area contributed by atoms with Crippen LogP contribution < -0.4 is 4.74 Å². The standard InChI is InChI=1S/C12H14O4/c1-12(2)6-7-4-9(13)8(11(14)15-3)5-10(7)16-12/h4-5,13H,6H2,1-3H3. The van der Waals surface area contributed by atoms with Crippen LogP contribution in [-0.2, 0) is 11.2 Å². The molecule has 0 saturated carbocycles. The van der Waals surface area contributed by atoms with Gasteiger partial charge in [0.15, 0.2) is 0 Å². The van der Waals surface area contributed by atoms with Crippen molar-refractivity contribution in [3.05, 3.63) is 23.3 Å². The van der Waals surface area contributed by atoms with Crippen LogP contribution >= 0.6 is 0 Å². The number of carbonyl (C=O) groups is 1. The number of esters is 1. The summed E-state index contributed by atoms with van der Waals surface area (Å²) < 4.78 is 10.2. The quantitative estimate of drug-likeness (QED) is 0.737. The molecule has 1 aromatic carbocycles. The summed E-state index contributed by atoms with van der Waals surface area (Å²) in [6.45, 7) is 3.92. The molecule has 16 heavy (non-hydrogen) atoms. The van der Waals surface area contributed by atoms with E-state index in [2.05, 4.69) is 4.74 Å². The van der Waals surface area contributed by atoms with Gasteiger partial charge in [-0.2, -0.15) is 0 Å². The van der Waals surface area contributed by atoms with E-state index in [1.54, 1.807) is 6.07 Å². The normalized spacial score (nSPS) is 16.4. The number of hydrogen-bond donors (Lipinski definition) is 1. The zero-order valence-electron chi connectivity index (χ0n) is 9.53. The molecule has 0 unspecified atom stereocenters. The SMILES string of the molecule is COC(=O)c1cc2c(cc1O)CC(C)(C)O2. The number of carbonyl (C=O) groups excluding carboxylic acids is 1. The number of hydrogen-bond acceptors (Lipinski definition) is 4. The van der Waals surface area contributed by atoms with Gasteiger partial charge in [-0.15, -0.1) is 0 Å². The Morgan fingerprint density at radius 1 is 1.50 bits per heavy atom. The van der Waals surface area contributed by atoms with Crippen LogP contribution in [0.1, 0.15) is 29.8 Å². The highest BCUT2D eigenvalue weighted by atomic mass is 16.5. The maximum absolute atomic E-state index is 11.4. The van der Waals surface area contributed by atoms with E-state index in [0.29, 0.717) is 5.75 Å². The van der Waals surface area contributed by atoms with Crippen LogP contribution in [0.25, 0.3) is 0 Å². The minimum atomic E-state index is -0.561. The average molecular weight is 222 g/mol. The van der Waals surface area contributed by atoms with Crippen molar-refractivity contribution in [2.45, 2.75) is 25.9 Å². The molecule has 86 valence electrons. The van der Waals surface area contributed by atoms with Crippen LogP contribution in [0.5, 0.6) is 11.5 Å². The van der Waals surface area contributed by atoms with Gasteiger partial charge in [-0.25, -0.2) is 4.79 Å². The summed E-state index contributed by atoms with van der Waals surface area (Å²) in [5.41, 5.74) is 0.762. The van der Waals surface area contributed by atoms with Crippen LogP contribution in [0.4, 0.5) is 0 Å². The van der Waals surface area contributed by atoms with E-state index in [1.807, 2.05) is 13.8 Å². The van der Waals surface area contributed by atoms with Crippen molar-refractivity contribution in [1.29, 1.82) is 0 Å². The van der Waals surface area contributed by atoms with Crippen LogP contribution in [0, 0.1) is 0 Å². The molecule has 1 aromatic rings. The molecular weight excluding hydrogens is 208 g/mol. The monoisotopic (exact) mass is 222 g/mol. The number of benzene rings is 1. The van der Waals surface area contributed by atoms with E-state index in [0.717, 1.165) is 12.0 Å². The third-order valence-electron chi connectivity index (χ3n) is 2.59. The fourth-order valence-electron chi connectivity index (χ4n) is 1.91. The fourth-order valence-corrected chi connectivity index (χ4v) is 1.91. The lowest BCUT2D eigenvalue weighted by Gasteiger charge is -2.16. The number of rotatable bonds is 1. The van der Waals surface area contributed by atoms with Gasteiger partial charge in [0.05, 0.1) is 7.11 Å². The molecule has 4 nitrogen and oxygen atoms in total. The van der Waals surface area contributed by atoms with Crippen LogP contribution in [0.15, 0.2) is 12.1 Å². The van der Waals surface area contributed by atoms with Gasteiger partial charge < -0.3 is 14.6 Å². The second kappa shape index (κ2) is 3.40. The topological polar surface area (TPSA) is 55.8 Å². The van der Waals surface area contributed by atoms with Crippen LogP contribution in [0.3, 0.4) is 0 Å². The summed E-state index contributed by atoms with van der Waals surface area (Å²) in [6, 6.07) is 3.10. The third kappa shape index (κ3) is 1.71. The first-order valence-corrected chi connectivity index (χ1v) is 5.06. The number of fused-ring (bicyclic) bond motifs is 1. The first kappa shape index (κ1) is 10.8. The number of phenols is 1. The molecule has 0 bridgehead atoms. The molecule has 4 heteroatoms. The van der Waals surface area contributed by atoms with Gasteiger partial charge in [0.1, 0.15) is 22.7 Å². The Morgan fingerprint density at radius 2 is 2.19 bits per heavy atom. The molecule has 0 aliphatic carbocycles. The Morgan fingerprint density at radius 3 is 2.81 bits per heavy atom. The average Bonchev–Trinajstić information content (AvgIpc) is 2.48. The highest BCUT2D eigenvalue weighted by Crippen LogP contribution is 2.38. The van der Waals surface area contributed by atoms with Crippen LogP contribution in [0.2, 0.25) is 0 Å². The van der Waals surface area contributed by atoms with Gasteiger partial charge in [0, 0.05) is 12.0 Å². The van der Waals surface area contributed by atoms with Crippen molar-refractivity contribution >= 4 is 5.97 Å². The maximum Gasteiger partial charge on any atom is 0.341 e. The lowest BCUT2D eigenvalue weighted by Crippen LogP contribution is -2.24. The minimum Gasteiger partial charge on any atom is -0.507 e. The van der Waals surface area contributed by atoms with Crippen molar-refractivity contribution in [2.75, 3.05) is 7.11 Å². The van der Waals surface area contributed by atoms with Crippen molar-refractivity contribution in [3.8, 4) is 11.5 Å². The van der Waals surface area contributed by atoms with Gasteiger partial charge in [-0.1, -0.05) is 0 Å². The Balaban J connectivity index is 2.45. The molecule has 0 aromatic heterocycles. The van der Waals surface area contributed by atoms with E-state index < -0.39 is 5.97 Å². The van der Waals surface area contributed by atoms with E-state index in [4.69, 9.17) is 4.74 Å². The molecule has 2 rings (SSSR count). The van der Waals surface area contributed by atoms with Gasteiger partial charge in [0.25, 0.3) is 0 Å². The Hall–Kier alpha value is -1.71. The highest BCUT2D eigenvalue weighted by molar-refractivity contribution is 5.93. The largest absolute Gasteiger partial charge is 0.507 e. The second-order valence-electron chi connectivity index (χ2n) is 4.51. The molecule has 0 fully saturated rings. The number of phenolic OH excluding ortho intramolecular Hbond substituents is 1. The van der Waals surface area contributed by atoms with Gasteiger partial charge in [-0.3, -0.25) is 0 Å². The first-order valence-electron chi connectivity index (χ1n) is 5.06. The Bertz CT molecular complexity index is 449. The minimum absolute atomic E-state index is 0.0631. The summed E-state index contributed by atoms with van der Waals surface area (Å²) in [7, 11) is 1.28. The second-order valence-corrected chi connectivity index (χ2v) is 4.51. The molecule has 0 radical (unpaired) electrons. The Labute approximate surface area is 93.8 Å². The third-order valence-corrected chi connectivity index (χ3v) is 2.59. The van der Waals surface area contributed by atoms with Crippen LogP contribution in [-0.4, -0.2) is 23.8 Å². The fraction of sp³-hybridized carbons (Fsp3) is 0.417. The summed E-state index contributed by atoms with van der Waals surface area (Å²) >= 11 is 0. The molecule has 1 N–H and O–H groups in total. The molecule has 0 saturated heterocycles. The molecule has 1 aliphatic heterocycles. The summed E-state index contributed by atoms with van der Waals surface area (Å²) in [6.07, 6.45) is 0.720. The summed E-state index contributed by atoms with van der Waals surface area (Å²) in [5.74, 6) is 0.0173. The van der Waals surface area contributed by atoms with Gasteiger partial charge in [0.2, 0.25) is 0 Å². The molecule has 1 aliphatic rings. The maximum atomic E-state index is 11.4. The molecule has 0 atom stereocenters. The van der Waals surface area contributed by atoms with Crippen molar-refractivity contribution in [2.24, 2.45) is 0 Å². The van der Waals surface area contributed by atoms with E-state index in [-0.39, 0.29) is 16.9 Å². The molecule has 1 heterocycles. The smallest absolute Gasteiger partial charge is 0.341 e. The molecule has 0 amide bonds. The lowest BCUT2D eigenvalue weighted by atomic mass is 10.0. The zero-order valence-corrected chi connectivity index (χ0v) is 9.53. The first-order chi connectivity index (χ1) is 7.43. The lowest BCUT2D eigenvalue weighted by molar-refractivity contribution is 0.0596. The predicted octanol–water partition coefficient (Wildman–Crippen LogP) is 1.89. The molecular formula is C12H14O4. The summed E-state index contributed by atoms with van der Waals surface area (Å²) in [5, 5.41) is 9.69. The van der Waals surface area contributed by atoms with E-state index >= 15 is 0 Å². The van der Waals surface area contributed by atoms with Gasteiger partial charge in [-0.05, 0) is 26.0 Å². The van der Waals surface area contributed by atoms with Gasteiger partial charge >= 0.3 is 5.97 Å². The summed E-state index contributed by atoms with van der Waals surface area (Å²) in [4.78, 5) is 11.4. The van der Waals surface area contributed by atoms with Crippen molar-refractivity contribution in [3.63, 3.8) is 0 Å². The van der Waals surface area contributed by atoms with Crippen molar-refractivity contribution < 1.29 is 19.4 Å². The number of methoxy groups -OCH3 is 1. The number of ether oxygens (including phenoxy) is 2. The highest BCUT2D eigenvalue weighted by Gasteiger charge is 2.31. The Kier molecular flexibility index (Phi) is 2.30. The number of aromatic hydroxyl groups is 1. The molecule has 0 spiro atoms. The van der Waals surface area contributed by atoms with Crippen molar-refractivity contribution in [1.82, 2.24) is 0 Å². The van der Waals surface area contributed by atoms with E-state index in [9.17, 15) is 9.90 Å². The zero-order chi connectivity index (χ0) is 11.9. The predicted molar refractivity (Wildman–Crippen MR) is 57.9 cm³/mol. The van der Waals surface area contributed by atoms with E-state index in [1.165, 1.54) is 13.2 Å².